The van der Waals surface area contributed by atoms with Gasteiger partial charge >= 0.3 is 0 Å². The Morgan fingerprint density at radius 3 is 2.79 bits per heavy atom. The summed E-state index contributed by atoms with van der Waals surface area (Å²) >= 11 is 0. The topological polar surface area (TPSA) is 93.5 Å². The lowest BCUT2D eigenvalue weighted by atomic mass is 10.2. The molecule has 1 amide bonds. The number of carbonyl (C=O) groups is 1. The maximum Gasteiger partial charge on any atom is 0.269 e. The number of rotatable bonds is 5. The average molecular weight is 265 g/mol. The molecule has 19 heavy (non-hydrogen) atoms. The first kappa shape index (κ1) is 13.3. The Balaban J connectivity index is 1.77. The molecule has 0 spiro atoms. The summed E-state index contributed by atoms with van der Waals surface area (Å²) < 4.78 is 5.26. The lowest BCUT2D eigenvalue weighted by molar-refractivity contribution is -0.384. The monoisotopic (exact) mass is 265 g/mol. The summed E-state index contributed by atoms with van der Waals surface area (Å²) in [5, 5.41) is 16.5. The van der Waals surface area contributed by atoms with E-state index in [2.05, 4.69) is 10.6 Å². The molecule has 1 atom stereocenters. The number of amides is 1. The van der Waals surface area contributed by atoms with Gasteiger partial charge in [-0.1, -0.05) is 0 Å². The van der Waals surface area contributed by atoms with E-state index in [0.717, 1.165) is 19.5 Å². The lowest BCUT2D eigenvalue weighted by Crippen LogP contribution is -2.39. The Morgan fingerprint density at radius 1 is 1.47 bits per heavy atom. The zero-order valence-corrected chi connectivity index (χ0v) is 10.3. The zero-order valence-electron chi connectivity index (χ0n) is 10.3. The van der Waals surface area contributed by atoms with E-state index in [-0.39, 0.29) is 24.2 Å². The van der Waals surface area contributed by atoms with Crippen LogP contribution in [0.5, 0.6) is 5.75 Å². The van der Waals surface area contributed by atoms with Gasteiger partial charge < -0.3 is 15.4 Å². The van der Waals surface area contributed by atoms with Crippen molar-refractivity contribution in [2.45, 2.75) is 12.5 Å². The Hall–Kier alpha value is -2.15. The van der Waals surface area contributed by atoms with Gasteiger partial charge in [0.25, 0.3) is 11.6 Å². The fourth-order valence-corrected chi connectivity index (χ4v) is 1.86. The average Bonchev–Trinajstić information content (AvgIpc) is 2.89. The molecule has 0 aliphatic carbocycles. The first-order chi connectivity index (χ1) is 9.15. The van der Waals surface area contributed by atoms with Gasteiger partial charge in [0, 0.05) is 24.7 Å². The molecule has 1 aromatic carbocycles. The SMILES string of the molecule is O=C(COc1ccc([N+](=O)[O-])cc1)NC1CCNC1. The van der Waals surface area contributed by atoms with Crippen molar-refractivity contribution in [3.63, 3.8) is 0 Å². The third-order valence-corrected chi connectivity index (χ3v) is 2.84. The molecule has 1 aliphatic heterocycles. The van der Waals surface area contributed by atoms with Crippen molar-refractivity contribution < 1.29 is 14.5 Å². The molecule has 1 unspecified atom stereocenters. The molecule has 1 fully saturated rings. The molecular weight excluding hydrogens is 250 g/mol. The lowest BCUT2D eigenvalue weighted by Gasteiger charge is -2.11. The number of nitro benzene ring substituents is 1. The summed E-state index contributed by atoms with van der Waals surface area (Å²) in [5.74, 6) is 0.248. The van der Waals surface area contributed by atoms with Gasteiger partial charge in [0.15, 0.2) is 6.61 Å². The number of carbonyl (C=O) groups excluding carboxylic acids is 1. The Morgan fingerprint density at radius 2 is 2.21 bits per heavy atom. The molecule has 0 bridgehead atoms. The quantitative estimate of drug-likeness (QED) is 0.595. The Bertz CT molecular complexity index is 455. The van der Waals surface area contributed by atoms with Crippen LogP contribution in [0.3, 0.4) is 0 Å². The van der Waals surface area contributed by atoms with Crippen molar-refractivity contribution >= 4 is 11.6 Å². The summed E-state index contributed by atoms with van der Waals surface area (Å²) in [6.45, 7) is 1.60. The first-order valence-corrected chi connectivity index (χ1v) is 6.02. The fraction of sp³-hybridized carbons (Fsp3) is 0.417. The second kappa shape index (κ2) is 6.14. The minimum Gasteiger partial charge on any atom is -0.484 e. The van der Waals surface area contributed by atoms with Gasteiger partial charge in [0.05, 0.1) is 4.92 Å². The van der Waals surface area contributed by atoms with E-state index in [1.165, 1.54) is 24.3 Å². The molecule has 2 N–H and O–H groups in total. The van der Waals surface area contributed by atoms with E-state index >= 15 is 0 Å². The van der Waals surface area contributed by atoms with Crippen molar-refractivity contribution in [2.24, 2.45) is 0 Å². The molecule has 1 aromatic rings. The molecule has 102 valence electrons. The van der Waals surface area contributed by atoms with Crippen molar-refractivity contribution in [1.29, 1.82) is 0 Å². The molecule has 2 rings (SSSR count). The maximum absolute atomic E-state index is 11.6. The van der Waals surface area contributed by atoms with Gasteiger partial charge in [0.1, 0.15) is 5.75 Å². The highest BCUT2D eigenvalue weighted by Gasteiger charge is 2.16. The van der Waals surface area contributed by atoms with Crippen LogP contribution in [-0.4, -0.2) is 36.6 Å². The van der Waals surface area contributed by atoms with Gasteiger partial charge in [-0.3, -0.25) is 14.9 Å². The highest BCUT2D eigenvalue weighted by Crippen LogP contribution is 2.17. The van der Waals surface area contributed by atoms with Gasteiger partial charge in [0.2, 0.25) is 0 Å². The summed E-state index contributed by atoms with van der Waals surface area (Å²) in [6, 6.07) is 5.79. The number of non-ortho nitro benzene ring substituents is 1. The Kier molecular flexibility index (Phi) is 4.30. The second-order valence-corrected chi connectivity index (χ2v) is 4.30. The molecule has 7 nitrogen and oxygen atoms in total. The highest BCUT2D eigenvalue weighted by atomic mass is 16.6. The smallest absolute Gasteiger partial charge is 0.269 e. The Labute approximate surface area is 110 Å². The maximum atomic E-state index is 11.6. The molecule has 0 aromatic heterocycles. The molecular formula is C12H15N3O4. The summed E-state index contributed by atoms with van der Waals surface area (Å²) in [6.07, 6.45) is 0.920. The van der Waals surface area contributed by atoms with E-state index < -0.39 is 4.92 Å². The van der Waals surface area contributed by atoms with Crippen LogP contribution in [0.15, 0.2) is 24.3 Å². The van der Waals surface area contributed by atoms with Crippen LogP contribution in [0.1, 0.15) is 6.42 Å². The summed E-state index contributed by atoms with van der Waals surface area (Å²) in [5.41, 5.74) is -0.00571. The molecule has 0 radical (unpaired) electrons. The number of ether oxygens (including phenoxy) is 1. The van der Waals surface area contributed by atoms with Gasteiger partial charge in [-0.25, -0.2) is 0 Å². The molecule has 1 aliphatic rings. The van der Waals surface area contributed by atoms with Crippen LogP contribution < -0.4 is 15.4 Å². The molecule has 7 heteroatoms. The summed E-state index contributed by atoms with van der Waals surface area (Å²) in [4.78, 5) is 21.6. The predicted molar refractivity (Wildman–Crippen MR) is 68.0 cm³/mol. The van der Waals surface area contributed by atoms with Crippen LogP contribution in [0.25, 0.3) is 0 Å². The molecule has 1 saturated heterocycles. The van der Waals surface area contributed by atoms with Crippen LogP contribution in [0, 0.1) is 10.1 Å². The predicted octanol–water partition coefficient (Wildman–Crippen LogP) is 0.452. The van der Waals surface area contributed by atoms with E-state index in [9.17, 15) is 14.9 Å². The third kappa shape index (κ3) is 3.92. The number of benzene rings is 1. The van der Waals surface area contributed by atoms with E-state index in [1.807, 2.05) is 0 Å². The first-order valence-electron chi connectivity index (χ1n) is 6.02. The number of nitro groups is 1. The summed E-state index contributed by atoms with van der Waals surface area (Å²) in [7, 11) is 0. The van der Waals surface area contributed by atoms with E-state index in [4.69, 9.17) is 4.74 Å². The van der Waals surface area contributed by atoms with Crippen LogP contribution >= 0.6 is 0 Å². The molecule has 0 saturated carbocycles. The fourth-order valence-electron chi connectivity index (χ4n) is 1.86. The normalized spacial score (nSPS) is 18.0. The van der Waals surface area contributed by atoms with Gasteiger partial charge in [-0.2, -0.15) is 0 Å². The minimum absolute atomic E-state index is 0.00571. The van der Waals surface area contributed by atoms with Crippen molar-refractivity contribution in [2.75, 3.05) is 19.7 Å². The van der Waals surface area contributed by atoms with Gasteiger partial charge in [-0.05, 0) is 25.1 Å². The minimum atomic E-state index is -0.483. The largest absolute Gasteiger partial charge is 0.484 e. The van der Waals surface area contributed by atoms with Crippen molar-refractivity contribution in [1.82, 2.24) is 10.6 Å². The number of hydrogen-bond acceptors (Lipinski definition) is 5. The van der Waals surface area contributed by atoms with Crippen LogP contribution in [0.2, 0.25) is 0 Å². The molecule has 1 heterocycles. The number of nitrogens with one attached hydrogen (secondary N) is 2. The number of nitrogens with zero attached hydrogens (tertiary/aromatic N) is 1. The van der Waals surface area contributed by atoms with Crippen LogP contribution in [0.4, 0.5) is 5.69 Å². The highest BCUT2D eigenvalue weighted by molar-refractivity contribution is 5.77. The van der Waals surface area contributed by atoms with Crippen LogP contribution in [-0.2, 0) is 4.79 Å². The standard InChI is InChI=1S/C12H15N3O4/c16-12(14-9-5-6-13-7-9)8-19-11-3-1-10(2-4-11)15(17)18/h1-4,9,13H,5-8H2,(H,14,16). The number of hydrogen-bond donors (Lipinski definition) is 2. The second-order valence-electron chi connectivity index (χ2n) is 4.30. The third-order valence-electron chi connectivity index (χ3n) is 2.84. The van der Waals surface area contributed by atoms with E-state index in [0.29, 0.717) is 5.75 Å². The van der Waals surface area contributed by atoms with E-state index in [1.54, 1.807) is 0 Å². The zero-order chi connectivity index (χ0) is 13.7. The van der Waals surface area contributed by atoms with Crippen molar-refractivity contribution in [3.05, 3.63) is 34.4 Å². The van der Waals surface area contributed by atoms with Crippen molar-refractivity contribution in [3.8, 4) is 5.75 Å². The van der Waals surface area contributed by atoms with Gasteiger partial charge in [-0.15, -0.1) is 0 Å².